The van der Waals surface area contributed by atoms with E-state index in [0.717, 1.165) is 12.0 Å². The zero-order valence-electron chi connectivity index (χ0n) is 18.4. The lowest BCUT2D eigenvalue weighted by atomic mass is 9.57. The van der Waals surface area contributed by atoms with Crippen LogP contribution in [0.25, 0.3) is 6.08 Å². The minimum atomic E-state index is -0.940. The topological polar surface area (TPSA) is 83.5 Å². The number of fused-ring (bicyclic) bond motifs is 2. The molecule has 9 atom stereocenters. The van der Waals surface area contributed by atoms with Crippen molar-refractivity contribution in [2.75, 3.05) is 0 Å². The lowest BCUT2D eigenvalue weighted by molar-refractivity contribution is -0.577. The average Bonchev–Trinajstić information content (AvgIpc) is 2.98. The van der Waals surface area contributed by atoms with Gasteiger partial charge in [-0.25, -0.2) is 14.6 Å². The van der Waals surface area contributed by atoms with E-state index in [0.29, 0.717) is 17.9 Å². The third-order valence-electron chi connectivity index (χ3n) is 7.71. The van der Waals surface area contributed by atoms with Crippen LogP contribution >= 0.6 is 11.6 Å². The molecule has 1 N–H and O–H groups in total. The minimum absolute atomic E-state index is 0.00685. The van der Waals surface area contributed by atoms with Crippen LogP contribution in [-0.4, -0.2) is 41.1 Å². The summed E-state index contributed by atoms with van der Waals surface area (Å²) in [7, 11) is 0. The zero-order chi connectivity index (χ0) is 22.7. The van der Waals surface area contributed by atoms with E-state index in [4.69, 9.17) is 35.6 Å². The van der Waals surface area contributed by atoms with Crippen molar-refractivity contribution in [1.82, 2.24) is 0 Å². The van der Waals surface area contributed by atoms with Crippen LogP contribution in [0.3, 0.4) is 0 Å². The van der Waals surface area contributed by atoms with E-state index in [-0.39, 0.29) is 23.7 Å². The van der Waals surface area contributed by atoms with Crippen molar-refractivity contribution in [1.29, 1.82) is 0 Å². The summed E-state index contributed by atoms with van der Waals surface area (Å²) in [6, 6.07) is 7.18. The first-order valence-electron chi connectivity index (χ1n) is 11.2. The molecule has 4 aliphatic heterocycles. The number of carbonyl (C=O) groups excluding carboxylic acids is 1. The molecule has 0 amide bonds. The second kappa shape index (κ2) is 8.08. The van der Waals surface area contributed by atoms with Crippen LogP contribution in [0.2, 0.25) is 5.02 Å². The number of rotatable bonds is 3. The zero-order valence-corrected chi connectivity index (χ0v) is 19.2. The van der Waals surface area contributed by atoms with Crippen molar-refractivity contribution in [3.8, 4) is 0 Å². The molecule has 5 fully saturated rings. The second-order valence-electron chi connectivity index (χ2n) is 9.71. The third-order valence-corrected chi connectivity index (χ3v) is 7.94. The summed E-state index contributed by atoms with van der Waals surface area (Å²) >= 11 is 6.00. The van der Waals surface area contributed by atoms with E-state index >= 15 is 0 Å². The maximum atomic E-state index is 12.6. The molecule has 1 aliphatic carbocycles. The van der Waals surface area contributed by atoms with E-state index in [1.54, 1.807) is 18.2 Å². The second-order valence-corrected chi connectivity index (χ2v) is 10.1. The van der Waals surface area contributed by atoms with E-state index in [9.17, 15) is 9.90 Å². The molecular formula is C24H29ClO7. The van der Waals surface area contributed by atoms with E-state index in [1.807, 2.05) is 32.9 Å². The predicted octanol–water partition coefficient (Wildman–Crippen LogP) is 4.08. The molecule has 5 aliphatic rings. The van der Waals surface area contributed by atoms with Gasteiger partial charge in [-0.2, -0.15) is 0 Å². The number of hydrogen-bond acceptors (Lipinski definition) is 7. The highest BCUT2D eigenvalue weighted by molar-refractivity contribution is 6.30. The summed E-state index contributed by atoms with van der Waals surface area (Å²) in [6.07, 6.45) is 2.86. The number of hydrogen-bond donors (Lipinski definition) is 1. The van der Waals surface area contributed by atoms with Crippen molar-refractivity contribution >= 4 is 23.6 Å². The predicted molar refractivity (Wildman–Crippen MR) is 115 cm³/mol. The van der Waals surface area contributed by atoms with Crippen LogP contribution in [0, 0.1) is 23.7 Å². The van der Waals surface area contributed by atoms with Crippen molar-refractivity contribution in [2.45, 2.75) is 70.1 Å². The first-order chi connectivity index (χ1) is 15.2. The lowest BCUT2D eigenvalue weighted by Gasteiger charge is -2.60. The van der Waals surface area contributed by atoms with Gasteiger partial charge in [-0.1, -0.05) is 37.6 Å². The van der Waals surface area contributed by atoms with Crippen LogP contribution in [0.1, 0.15) is 45.6 Å². The molecule has 4 saturated heterocycles. The van der Waals surface area contributed by atoms with Crippen molar-refractivity contribution < 1.29 is 33.9 Å². The standard InChI is InChI=1S/C24H29ClO7/c1-13-17-9-10-23(3)30-22-24(17,32-31-23)18(12-19(13)26)14(2)21(29-22)28-20(27)8-7-15-5-4-6-16(25)11-15/h4-8,11,13-14,17-19,21-22,26H,9-10,12H2,1-3H3/b8-7+/t13-,14+,17-,18-,19+,21+,22+,23+,24+/m0/s1. The van der Waals surface area contributed by atoms with Crippen molar-refractivity contribution in [3.05, 3.63) is 40.9 Å². The Bertz CT molecular complexity index is 917. The molecule has 0 radical (unpaired) electrons. The van der Waals surface area contributed by atoms with Crippen LogP contribution in [0.15, 0.2) is 30.3 Å². The maximum Gasteiger partial charge on any atom is 0.333 e. The van der Waals surface area contributed by atoms with Gasteiger partial charge in [0.05, 0.1) is 6.10 Å². The molecule has 4 heterocycles. The summed E-state index contributed by atoms with van der Waals surface area (Å²) in [5, 5.41) is 11.4. The molecule has 1 aromatic carbocycles. The molecule has 8 heteroatoms. The summed E-state index contributed by atoms with van der Waals surface area (Å²) in [5.41, 5.74) is -0.0470. The molecule has 6 rings (SSSR count). The van der Waals surface area contributed by atoms with E-state index in [1.165, 1.54) is 6.08 Å². The lowest BCUT2D eigenvalue weighted by Crippen LogP contribution is -2.72. The highest BCUT2D eigenvalue weighted by atomic mass is 35.5. The van der Waals surface area contributed by atoms with Gasteiger partial charge in [0.15, 0.2) is 11.9 Å². The fraction of sp³-hybridized carbons (Fsp3) is 0.625. The Morgan fingerprint density at radius 2 is 2.06 bits per heavy atom. The van der Waals surface area contributed by atoms with Gasteiger partial charge in [0, 0.05) is 35.3 Å². The molecule has 0 unspecified atom stereocenters. The summed E-state index contributed by atoms with van der Waals surface area (Å²) in [5.74, 6) is -1.83. The van der Waals surface area contributed by atoms with Gasteiger partial charge < -0.3 is 19.3 Å². The van der Waals surface area contributed by atoms with Gasteiger partial charge in [-0.05, 0) is 49.5 Å². The van der Waals surface area contributed by atoms with Crippen LogP contribution in [-0.2, 0) is 28.8 Å². The fourth-order valence-corrected chi connectivity index (χ4v) is 6.09. The molecule has 1 aromatic rings. The SMILES string of the molecule is C[C@@H]1[C@H](O)C[C@H]2[C@@H](C)[C@H](OC(=O)/C=C/c3cccc(Cl)c3)O[C@@H]3O[C@@]4(C)CC[C@@H]1[C@]32OO4. The Morgan fingerprint density at radius 1 is 1.25 bits per heavy atom. The third kappa shape index (κ3) is 3.59. The van der Waals surface area contributed by atoms with Crippen LogP contribution in [0.4, 0.5) is 0 Å². The maximum absolute atomic E-state index is 12.6. The number of aliphatic hydroxyl groups is 1. The molecular weight excluding hydrogens is 436 g/mol. The quantitative estimate of drug-likeness (QED) is 0.410. The molecule has 1 spiro atoms. The minimum Gasteiger partial charge on any atom is -0.432 e. The Kier molecular flexibility index (Phi) is 5.63. The van der Waals surface area contributed by atoms with Gasteiger partial charge >= 0.3 is 5.97 Å². The van der Waals surface area contributed by atoms with Gasteiger partial charge in [0.1, 0.15) is 0 Å². The van der Waals surface area contributed by atoms with Crippen LogP contribution < -0.4 is 0 Å². The molecule has 2 bridgehead atoms. The average molecular weight is 465 g/mol. The Morgan fingerprint density at radius 3 is 2.84 bits per heavy atom. The largest absolute Gasteiger partial charge is 0.432 e. The highest BCUT2D eigenvalue weighted by Crippen LogP contribution is 2.60. The molecule has 7 nitrogen and oxygen atoms in total. The van der Waals surface area contributed by atoms with Gasteiger partial charge in [0.25, 0.3) is 0 Å². The van der Waals surface area contributed by atoms with Gasteiger partial charge in [0.2, 0.25) is 12.1 Å². The Labute approximate surface area is 192 Å². The van der Waals surface area contributed by atoms with Crippen LogP contribution in [0.5, 0.6) is 0 Å². The van der Waals surface area contributed by atoms with Gasteiger partial charge in [-0.3, -0.25) is 0 Å². The molecule has 174 valence electrons. The monoisotopic (exact) mass is 464 g/mol. The number of benzene rings is 1. The number of ether oxygens (including phenoxy) is 3. The molecule has 1 saturated carbocycles. The first-order valence-corrected chi connectivity index (χ1v) is 11.6. The Hall–Kier alpha value is -1.48. The molecule has 0 aromatic heterocycles. The number of halogens is 1. The number of carbonyl (C=O) groups is 1. The summed E-state index contributed by atoms with van der Waals surface area (Å²) in [6.45, 7) is 5.82. The first kappa shape index (κ1) is 22.3. The van der Waals surface area contributed by atoms with E-state index in [2.05, 4.69) is 0 Å². The fourth-order valence-electron chi connectivity index (χ4n) is 5.89. The summed E-state index contributed by atoms with van der Waals surface area (Å²) in [4.78, 5) is 24.4. The molecule has 32 heavy (non-hydrogen) atoms. The van der Waals surface area contributed by atoms with Crippen molar-refractivity contribution in [2.24, 2.45) is 23.7 Å². The summed E-state index contributed by atoms with van der Waals surface area (Å²) < 4.78 is 18.2. The smallest absolute Gasteiger partial charge is 0.333 e. The Balaban J connectivity index is 1.39. The normalized spacial score (nSPS) is 45.3. The van der Waals surface area contributed by atoms with E-state index < -0.39 is 36.0 Å². The van der Waals surface area contributed by atoms with Gasteiger partial charge in [-0.15, -0.1) is 0 Å². The number of esters is 1. The highest BCUT2D eigenvalue weighted by Gasteiger charge is 2.71. The number of aliphatic hydroxyl groups excluding tert-OH is 1. The van der Waals surface area contributed by atoms with Crippen molar-refractivity contribution in [3.63, 3.8) is 0 Å².